The molecule has 1 aliphatic rings. The fourth-order valence-electron chi connectivity index (χ4n) is 4.52. The summed E-state index contributed by atoms with van der Waals surface area (Å²) in [7, 11) is 6.36. The molecule has 0 saturated heterocycles. The number of hydrogen-bond donors (Lipinski definition) is 1. The van der Waals surface area contributed by atoms with Crippen LogP contribution in [0.15, 0.2) is 24.3 Å². The van der Waals surface area contributed by atoms with Crippen LogP contribution in [0.4, 0.5) is 19.0 Å². The number of methoxy groups -OCH3 is 2. The number of carbonyl (C=O) groups is 1. The molecular formula is C24H29F3N6O3. The van der Waals surface area contributed by atoms with Crippen LogP contribution in [0.5, 0.6) is 11.5 Å². The summed E-state index contributed by atoms with van der Waals surface area (Å²) in [5.74, 6) is 0.529. The summed E-state index contributed by atoms with van der Waals surface area (Å²) < 4.78 is 55.4. The van der Waals surface area contributed by atoms with Crippen LogP contribution in [0, 0.1) is 13.8 Å². The molecule has 2 atom stereocenters. The monoisotopic (exact) mass is 506 g/mol. The average molecular weight is 507 g/mol. The van der Waals surface area contributed by atoms with Crippen molar-refractivity contribution >= 4 is 11.7 Å². The van der Waals surface area contributed by atoms with Gasteiger partial charge in [-0.3, -0.25) is 9.48 Å². The second-order valence-electron chi connectivity index (χ2n) is 8.90. The van der Waals surface area contributed by atoms with Gasteiger partial charge in [-0.2, -0.15) is 23.4 Å². The molecule has 3 aromatic rings. The van der Waals surface area contributed by atoms with Crippen molar-refractivity contribution in [3.05, 3.63) is 52.5 Å². The SMILES string of the molecule is COc1ccc([C@@H]2C[C@@H](C(F)(F)F)n3nc(C(=O)N(C)Cc4c(C)nn(C)c4C)cc3N2)cc1OC. The fourth-order valence-corrected chi connectivity index (χ4v) is 4.52. The number of anilines is 1. The van der Waals surface area contributed by atoms with Gasteiger partial charge in [-0.15, -0.1) is 0 Å². The fraction of sp³-hybridized carbons (Fsp3) is 0.458. The minimum absolute atomic E-state index is 0.0681. The molecule has 0 saturated carbocycles. The lowest BCUT2D eigenvalue weighted by atomic mass is 9.96. The molecule has 9 nitrogen and oxygen atoms in total. The molecule has 12 heteroatoms. The van der Waals surface area contributed by atoms with Crippen molar-refractivity contribution in [3.63, 3.8) is 0 Å². The third-order valence-corrected chi connectivity index (χ3v) is 6.62. The molecule has 0 spiro atoms. The van der Waals surface area contributed by atoms with E-state index in [0.29, 0.717) is 17.1 Å². The van der Waals surface area contributed by atoms with E-state index in [-0.39, 0.29) is 24.5 Å². The normalized spacial score (nSPS) is 17.4. The summed E-state index contributed by atoms with van der Waals surface area (Å²) >= 11 is 0. The second-order valence-corrected chi connectivity index (χ2v) is 8.90. The Morgan fingerprint density at radius 3 is 2.44 bits per heavy atom. The van der Waals surface area contributed by atoms with Gasteiger partial charge in [0.15, 0.2) is 23.2 Å². The Bertz CT molecular complexity index is 1280. The van der Waals surface area contributed by atoms with Crippen molar-refractivity contribution < 1.29 is 27.4 Å². The van der Waals surface area contributed by atoms with Crippen LogP contribution in [0.2, 0.25) is 0 Å². The number of nitrogens with one attached hydrogen (secondary N) is 1. The molecule has 1 N–H and O–H groups in total. The number of halogens is 3. The van der Waals surface area contributed by atoms with Crippen LogP contribution < -0.4 is 14.8 Å². The number of amides is 1. The number of alkyl halides is 3. The summed E-state index contributed by atoms with van der Waals surface area (Å²) in [5, 5.41) is 11.5. The van der Waals surface area contributed by atoms with Crippen LogP contribution in [0.25, 0.3) is 0 Å². The lowest BCUT2D eigenvalue weighted by molar-refractivity contribution is -0.173. The first kappa shape index (κ1) is 25.4. The van der Waals surface area contributed by atoms with Gasteiger partial charge >= 0.3 is 6.18 Å². The van der Waals surface area contributed by atoms with Gasteiger partial charge in [0.1, 0.15) is 5.82 Å². The van der Waals surface area contributed by atoms with Gasteiger partial charge in [-0.05, 0) is 31.5 Å². The van der Waals surface area contributed by atoms with Crippen LogP contribution >= 0.6 is 0 Å². The van der Waals surface area contributed by atoms with Gasteiger partial charge in [-0.1, -0.05) is 6.07 Å². The van der Waals surface area contributed by atoms with Crippen molar-refractivity contribution in [3.8, 4) is 11.5 Å². The number of ether oxygens (including phenoxy) is 2. The summed E-state index contributed by atoms with van der Waals surface area (Å²) in [4.78, 5) is 14.6. The van der Waals surface area contributed by atoms with Crippen molar-refractivity contribution in [2.45, 2.75) is 45.1 Å². The molecule has 0 bridgehead atoms. The van der Waals surface area contributed by atoms with Crippen LogP contribution in [0.3, 0.4) is 0 Å². The van der Waals surface area contributed by atoms with Crippen molar-refractivity contribution in [2.75, 3.05) is 26.6 Å². The largest absolute Gasteiger partial charge is 0.493 e. The Labute approximate surface area is 206 Å². The zero-order chi connectivity index (χ0) is 26.4. The van der Waals surface area contributed by atoms with E-state index in [1.165, 1.54) is 25.2 Å². The van der Waals surface area contributed by atoms with E-state index in [2.05, 4.69) is 15.5 Å². The van der Waals surface area contributed by atoms with E-state index in [4.69, 9.17) is 9.47 Å². The minimum Gasteiger partial charge on any atom is -0.493 e. The number of aryl methyl sites for hydroxylation is 2. The third-order valence-electron chi connectivity index (χ3n) is 6.62. The summed E-state index contributed by atoms with van der Waals surface area (Å²) in [6.45, 7) is 4.01. The number of hydrogen-bond acceptors (Lipinski definition) is 6. The Morgan fingerprint density at radius 1 is 1.17 bits per heavy atom. The maximum absolute atomic E-state index is 14.1. The summed E-state index contributed by atoms with van der Waals surface area (Å²) in [6.07, 6.45) is -4.86. The zero-order valence-electron chi connectivity index (χ0n) is 21.0. The van der Waals surface area contributed by atoms with E-state index < -0.39 is 24.2 Å². The van der Waals surface area contributed by atoms with Gasteiger partial charge in [0.25, 0.3) is 5.91 Å². The highest BCUT2D eigenvalue weighted by molar-refractivity contribution is 5.93. The highest BCUT2D eigenvalue weighted by Gasteiger charge is 2.47. The molecule has 0 fully saturated rings. The molecule has 2 aromatic heterocycles. The number of nitrogens with zero attached hydrogens (tertiary/aromatic N) is 5. The molecule has 0 unspecified atom stereocenters. The molecule has 1 aromatic carbocycles. The standard InChI is InChI=1S/C24H29F3N6O3/c1-13-16(14(2)32(4)29-13)12-31(3)23(34)18-11-22-28-17(10-21(24(25,26)27)33(22)30-18)15-7-8-19(35-5)20(9-15)36-6/h7-9,11,17,21,28H,10,12H2,1-6H3/t17-,21-/m0/s1. The second kappa shape index (κ2) is 9.40. The van der Waals surface area contributed by atoms with E-state index in [1.54, 1.807) is 29.9 Å². The summed E-state index contributed by atoms with van der Waals surface area (Å²) in [5.41, 5.74) is 3.11. The Kier molecular flexibility index (Phi) is 6.63. The smallest absolute Gasteiger partial charge is 0.410 e. The van der Waals surface area contributed by atoms with E-state index in [1.807, 2.05) is 20.9 Å². The van der Waals surface area contributed by atoms with Gasteiger partial charge in [0, 0.05) is 44.4 Å². The van der Waals surface area contributed by atoms with E-state index in [0.717, 1.165) is 21.6 Å². The third kappa shape index (κ3) is 4.59. The zero-order valence-corrected chi connectivity index (χ0v) is 21.0. The quantitative estimate of drug-likeness (QED) is 0.540. The highest BCUT2D eigenvalue weighted by Crippen LogP contribution is 2.44. The van der Waals surface area contributed by atoms with Crippen LogP contribution in [0.1, 0.15) is 51.5 Å². The molecule has 1 aliphatic heterocycles. The van der Waals surface area contributed by atoms with Gasteiger partial charge in [0.2, 0.25) is 0 Å². The Balaban J connectivity index is 1.64. The lowest BCUT2D eigenvalue weighted by Crippen LogP contribution is -2.36. The van der Waals surface area contributed by atoms with E-state index >= 15 is 0 Å². The molecule has 0 aliphatic carbocycles. The van der Waals surface area contributed by atoms with Gasteiger partial charge < -0.3 is 19.7 Å². The molecule has 1 amide bonds. The molecule has 4 rings (SSSR count). The molecule has 36 heavy (non-hydrogen) atoms. The Morgan fingerprint density at radius 2 is 1.86 bits per heavy atom. The van der Waals surface area contributed by atoms with Crippen molar-refractivity contribution in [1.29, 1.82) is 0 Å². The predicted octanol–water partition coefficient (Wildman–Crippen LogP) is 4.18. The number of fused-ring (bicyclic) bond motifs is 1. The predicted molar refractivity (Wildman–Crippen MR) is 126 cm³/mol. The first-order chi connectivity index (χ1) is 16.9. The minimum atomic E-state index is -4.56. The number of aromatic nitrogens is 4. The number of rotatable bonds is 6. The maximum Gasteiger partial charge on any atom is 0.410 e. The first-order valence-electron chi connectivity index (χ1n) is 11.3. The van der Waals surface area contributed by atoms with Gasteiger partial charge in [0.05, 0.1) is 26.0 Å². The number of carbonyl (C=O) groups excluding carboxylic acids is 1. The summed E-state index contributed by atoms with van der Waals surface area (Å²) in [6, 6.07) is 3.78. The highest BCUT2D eigenvalue weighted by atomic mass is 19.4. The lowest BCUT2D eigenvalue weighted by Gasteiger charge is -2.33. The van der Waals surface area contributed by atoms with E-state index in [9.17, 15) is 18.0 Å². The molecule has 3 heterocycles. The van der Waals surface area contributed by atoms with Crippen molar-refractivity contribution in [2.24, 2.45) is 7.05 Å². The number of benzene rings is 1. The van der Waals surface area contributed by atoms with Crippen LogP contribution in [-0.4, -0.2) is 57.8 Å². The average Bonchev–Trinajstić information content (AvgIpc) is 3.37. The molecular weight excluding hydrogens is 477 g/mol. The topological polar surface area (TPSA) is 86.4 Å². The molecule has 0 radical (unpaired) electrons. The first-order valence-corrected chi connectivity index (χ1v) is 11.3. The maximum atomic E-state index is 14.1. The van der Waals surface area contributed by atoms with Crippen molar-refractivity contribution in [1.82, 2.24) is 24.5 Å². The van der Waals surface area contributed by atoms with Gasteiger partial charge in [-0.25, -0.2) is 4.68 Å². The van der Waals surface area contributed by atoms with Crippen LogP contribution in [-0.2, 0) is 13.6 Å². The Hall–Kier alpha value is -3.70. The molecule has 194 valence electrons.